The van der Waals surface area contributed by atoms with Crippen molar-refractivity contribution in [2.75, 3.05) is 5.43 Å². The van der Waals surface area contributed by atoms with Crippen molar-refractivity contribution in [1.82, 2.24) is 5.43 Å². The van der Waals surface area contributed by atoms with Crippen molar-refractivity contribution in [3.63, 3.8) is 0 Å². The Bertz CT molecular complexity index is 364. The van der Waals surface area contributed by atoms with E-state index < -0.39 is 18.3 Å². The molecule has 0 radical (unpaired) electrons. The Labute approximate surface area is 94.6 Å². The van der Waals surface area contributed by atoms with Crippen LogP contribution in [0.3, 0.4) is 0 Å². The number of aliphatic carboxylic acids is 1. The number of rotatable bonds is 4. The molecule has 15 heavy (non-hydrogen) atoms. The second kappa shape index (κ2) is 5.35. The minimum absolute atomic E-state index is 0.552. The van der Waals surface area contributed by atoms with Gasteiger partial charge in [-0.3, -0.25) is 20.4 Å². The molecule has 1 rings (SSSR count). The second-order valence-corrected chi connectivity index (χ2v) is 3.67. The molecule has 3 N–H and O–H groups in total. The zero-order valence-corrected chi connectivity index (χ0v) is 9.24. The first-order chi connectivity index (χ1) is 7.08. The molecular weight excluding hydrogens is 264 g/mol. The molecule has 0 aromatic heterocycles. The third-order valence-electron chi connectivity index (χ3n) is 1.50. The van der Waals surface area contributed by atoms with Gasteiger partial charge in [0.2, 0.25) is 5.91 Å². The van der Waals surface area contributed by atoms with Crippen LogP contribution in [0.25, 0.3) is 0 Å². The first-order valence-electron chi connectivity index (χ1n) is 4.10. The summed E-state index contributed by atoms with van der Waals surface area (Å²) in [4.78, 5) is 21.1. The number of hydrazine groups is 1. The van der Waals surface area contributed by atoms with Crippen molar-refractivity contribution in [3.05, 3.63) is 28.7 Å². The lowest BCUT2D eigenvalue weighted by Crippen LogP contribution is -2.30. The molecule has 0 saturated carbocycles. The van der Waals surface area contributed by atoms with Crippen LogP contribution in [0, 0.1) is 0 Å². The number of carboxylic acid groups (broad SMARTS) is 1. The Hall–Kier alpha value is -1.56. The number of halogens is 1. The van der Waals surface area contributed by atoms with Gasteiger partial charge in [0.1, 0.15) is 6.42 Å². The zero-order valence-electron chi connectivity index (χ0n) is 7.66. The molecule has 0 aliphatic heterocycles. The van der Waals surface area contributed by atoms with Crippen molar-refractivity contribution < 1.29 is 14.7 Å². The van der Waals surface area contributed by atoms with Gasteiger partial charge in [-0.15, -0.1) is 0 Å². The van der Waals surface area contributed by atoms with Crippen LogP contribution in [-0.2, 0) is 9.59 Å². The maximum absolute atomic E-state index is 10.9. The summed E-state index contributed by atoms with van der Waals surface area (Å²) in [7, 11) is 0. The molecule has 6 heteroatoms. The Balaban J connectivity index is 2.40. The molecule has 5 nitrogen and oxygen atoms in total. The van der Waals surface area contributed by atoms with Crippen molar-refractivity contribution in [2.24, 2.45) is 0 Å². The normalized spacial score (nSPS) is 9.40. The molecular formula is C9H9BrN2O3. The molecule has 0 unspecified atom stereocenters. The summed E-state index contributed by atoms with van der Waals surface area (Å²) in [6.07, 6.45) is -0.552. The van der Waals surface area contributed by atoms with Gasteiger partial charge in [-0.25, -0.2) is 0 Å². The van der Waals surface area contributed by atoms with Crippen LogP contribution in [0.4, 0.5) is 5.69 Å². The lowest BCUT2D eigenvalue weighted by Gasteiger charge is -2.06. The summed E-state index contributed by atoms with van der Waals surface area (Å²) in [6, 6.07) is 7.08. The minimum atomic E-state index is -1.16. The Morgan fingerprint density at radius 1 is 1.27 bits per heavy atom. The summed E-state index contributed by atoms with van der Waals surface area (Å²) in [5.41, 5.74) is 5.54. The monoisotopic (exact) mass is 272 g/mol. The summed E-state index contributed by atoms with van der Waals surface area (Å²) in [5.74, 6) is -1.75. The van der Waals surface area contributed by atoms with Gasteiger partial charge in [-0.2, -0.15) is 0 Å². The van der Waals surface area contributed by atoms with E-state index in [1.807, 2.05) is 0 Å². The zero-order chi connectivity index (χ0) is 11.3. The molecule has 0 spiro atoms. The number of nitrogens with one attached hydrogen (secondary N) is 2. The first kappa shape index (κ1) is 11.5. The van der Waals surface area contributed by atoms with E-state index in [2.05, 4.69) is 26.8 Å². The average molecular weight is 273 g/mol. The first-order valence-corrected chi connectivity index (χ1v) is 4.89. The Kier molecular flexibility index (Phi) is 4.11. The lowest BCUT2D eigenvalue weighted by atomic mass is 10.3. The van der Waals surface area contributed by atoms with Gasteiger partial charge in [0.25, 0.3) is 0 Å². The van der Waals surface area contributed by atoms with Crippen LogP contribution in [0.5, 0.6) is 0 Å². The molecule has 0 atom stereocenters. The highest BCUT2D eigenvalue weighted by molar-refractivity contribution is 9.10. The van der Waals surface area contributed by atoms with Crippen LogP contribution in [0.2, 0.25) is 0 Å². The smallest absolute Gasteiger partial charge is 0.312 e. The van der Waals surface area contributed by atoms with E-state index in [1.54, 1.807) is 24.3 Å². The van der Waals surface area contributed by atoms with E-state index in [-0.39, 0.29) is 0 Å². The number of carboxylic acids is 1. The second-order valence-electron chi connectivity index (χ2n) is 2.75. The molecule has 1 aromatic rings. The Morgan fingerprint density at radius 3 is 2.40 bits per heavy atom. The quantitative estimate of drug-likeness (QED) is 0.572. The van der Waals surface area contributed by atoms with Gasteiger partial charge in [-0.1, -0.05) is 15.9 Å². The van der Waals surface area contributed by atoms with Crippen molar-refractivity contribution in [3.8, 4) is 0 Å². The van der Waals surface area contributed by atoms with Crippen LogP contribution in [0.1, 0.15) is 6.42 Å². The van der Waals surface area contributed by atoms with E-state index in [1.165, 1.54) is 0 Å². The largest absolute Gasteiger partial charge is 0.481 e. The molecule has 80 valence electrons. The van der Waals surface area contributed by atoms with Gasteiger partial charge in [0, 0.05) is 4.47 Å². The number of hydrogen-bond donors (Lipinski definition) is 3. The molecule has 1 amide bonds. The maximum atomic E-state index is 10.9. The van der Waals surface area contributed by atoms with E-state index in [4.69, 9.17) is 5.11 Å². The van der Waals surface area contributed by atoms with Gasteiger partial charge >= 0.3 is 5.97 Å². The highest BCUT2D eigenvalue weighted by Gasteiger charge is 2.05. The van der Waals surface area contributed by atoms with E-state index in [9.17, 15) is 9.59 Å². The topological polar surface area (TPSA) is 78.4 Å². The van der Waals surface area contributed by atoms with Gasteiger partial charge in [-0.05, 0) is 24.3 Å². The predicted molar refractivity (Wildman–Crippen MR) is 58.2 cm³/mol. The standard InChI is InChI=1S/C9H9BrN2O3/c10-6-1-3-7(4-2-6)11-12-8(13)5-9(14)15/h1-4,11H,5H2,(H,12,13)(H,14,15). The van der Waals surface area contributed by atoms with Crippen LogP contribution < -0.4 is 10.9 Å². The van der Waals surface area contributed by atoms with E-state index >= 15 is 0 Å². The summed E-state index contributed by atoms with van der Waals surface area (Å²) in [5, 5.41) is 8.32. The van der Waals surface area contributed by atoms with Gasteiger partial charge in [0.05, 0.1) is 5.69 Å². The molecule has 0 aliphatic carbocycles. The third kappa shape index (κ3) is 4.46. The average Bonchev–Trinajstić information content (AvgIpc) is 2.16. The van der Waals surface area contributed by atoms with E-state index in [0.29, 0.717) is 5.69 Å². The number of carbonyl (C=O) groups is 2. The minimum Gasteiger partial charge on any atom is -0.481 e. The van der Waals surface area contributed by atoms with Crippen molar-refractivity contribution in [1.29, 1.82) is 0 Å². The van der Waals surface area contributed by atoms with Gasteiger partial charge < -0.3 is 5.11 Å². The summed E-state index contributed by atoms with van der Waals surface area (Å²) in [6.45, 7) is 0. The fourth-order valence-electron chi connectivity index (χ4n) is 0.857. The number of carbonyl (C=O) groups excluding carboxylic acids is 1. The maximum Gasteiger partial charge on any atom is 0.312 e. The van der Waals surface area contributed by atoms with Crippen molar-refractivity contribution >= 4 is 33.5 Å². The Morgan fingerprint density at radius 2 is 1.87 bits per heavy atom. The fourth-order valence-corrected chi connectivity index (χ4v) is 1.12. The summed E-state index contributed by atoms with van der Waals surface area (Å²) < 4.78 is 0.921. The highest BCUT2D eigenvalue weighted by Crippen LogP contribution is 2.13. The molecule has 0 aliphatic rings. The molecule has 0 bridgehead atoms. The number of amides is 1. The van der Waals surface area contributed by atoms with E-state index in [0.717, 1.165) is 4.47 Å². The molecule has 0 fully saturated rings. The molecule has 0 heterocycles. The van der Waals surface area contributed by atoms with Crippen LogP contribution >= 0.6 is 15.9 Å². The molecule has 1 aromatic carbocycles. The summed E-state index contributed by atoms with van der Waals surface area (Å²) >= 11 is 3.27. The highest BCUT2D eigenvalue weighted by atomic mass is 79.9. The predicted octanol–water partition coefficient (Wildman–Crippen LogP) is 1.37. The third-order valence-corrected chi connectivity index (χ3v) is 2.03. The van der Waals surface area contributed by atoms with Gasteiger partial charge in [0.15, 0.2) is 0 Å². The SMILES string of the molecule is O=C(O)CC(=O)NNc1ccc(Br)cc1. The van der Waals surface area contributed by atoms with Crippen LogP contribution in [0.15, 0.2) is 28.7 Å². The lowest BCUT2D eigenvalue weighted by molar-refractivity contribution is -0.140. The van der Waals surface area contributed by atoms with Crippen LogP contribution in [-0.4, -0.2) is 17.0 Å². The number of anilines is 1. The number of hydrogen-bond acceptors (Lipinski definition) is 3. The number of benzene rings is 1. The molecule has 0 saturated heterocycles. The fraction of sp³-hybridized carbons (Fsp3) is 0.111. The van der Waals surface area contributed by atoms with Crippen molar-refractivity contribution in [2.45, 2.75) is 6.42 Å².